The molecule has 7 nitrogen and oxygen atoms in total. The Labute approximate surface area is 219 Å². The number of aryl methyl sites for hydroxylation is 1. The maximum Gasteiger partial charge on any atom is 0.416 e. The minimum Gasteiger partial charge on any atom is -0.362 e. The first-order valence-electron chi connectivity index (χ1n) is 12.9. The van der Waals surface area contributed by atoms with Crippen LogP contribution in [0.3, 0.4) is 0 Å². The summed E-state index contributed by atoms with van der Waals surface area (Å²) < 4.78 is 51.7. The van der Waals surface area contributed by atoms with Crippen LogP contribution < -0.4 is 10.6 Å². The number of terminal acetylenes is 1. The smallest absolute Gasteiger partial charge is 0.362 e. The van der Waals surface area contributed by atoms with Crippen molar-refractivity contribution in [3.8, 4) is 12.3 Å². The third-order valence-electron chi connectivity index (χ3n) is 7.72. The molecule has 1 aromatic heterocycles. The molecule has 38 heavy (non-hydrogen) atoms. The Bertz CT molecular complexity index is 1230. The Morgan fingerprint density at radius 1 is 1.24 bits per heavy atom. The molecule has 2 aromatic rings. The lowest BCUT2D eigenvalue weighted by Gasteiger charge is -2.28. The van der Waals surface area contributed by atoms with E-state index in [1.54, 1.807) is 13.0 Å². The first-order chi connectivity index (χ1) is 18.2. The van der Waals surface area contributed by atoms with E-state index in [4.69, 9.17) is 15.9 Å². The lowest BCUT2D eigenvalue weighted by Crippen LogP contribution is -2.45. The molecule has 1 atom stereocenters. The minimum absolute atomic E-state index is 0.00632. The quantitative estimate of drug-likeness (QED) is 0.469. The molecule has 202 valence electrons. The van der Waals surface area contributed by atoms with Gasteiger partial charge in [-0.25, -0.2) is 9.97 Å². The normalized spacial score (nSPS) is 23.8. The molecule has 0 radical (unpaired) electrons. The summed E-state index contributed by atoms with van der Waals surface area (Å²) in [6.45, 7) is 2.41. The number of hydrogen-bond acceptors (Lipinski definition) is 6. The zero-order chi connectivity index (χ0) is 26.9. The zero-order valence-electron chi connectivity index (χ0n) is 21.2. The molecule has 1 saturated heterocycles. The standard InChI is InChI=1S/C28H31F3N4O3/c1-3-5-21(19-6-4-7-20(14-19)28(29,30)31)34-25-24(26-37-12-13-38-26)22(32-17(2)33-25)15-23(36)35-27-10-8-18(16-27)9-11-27/h1,4,6-7,14,18,21,26H,5,8-13,15-16H2,2H3,(H,35,36)(H,32,33,34). The number of benzene rings is 1. The van der Waals surface area contributed by atoms with E-state index in [2.05, 4.69) is 26.5 Å². The number of anilines is 1. The average molecular weight is 529 g/mol. The van der Waals surface area contributed by atoms with Gasteiger partial charge in [0.25, 0.3) is 0 Å². The molecule has 2 heterocycles. The van der Waals surface area contributed by atoms with Gasteiger partial charge in [-0.2, -0.15) is 13.2 Å². The van der Waals surface area contributed by atoms with Gasteiger partial charge in [0, 0.05) is 12.0 Å². The molecule has 2 N–H and O–H groups in total. The lowest BCUT2D eigenvalue weighted by molar-refractivity contribution is -0.137. The number of carbonyl (C=O) groups is 1. The fourth-order valence-electron chi connectivity index (χ4n) is 5.98. The maximum atomic E-state index is 13.4. The summed E-state index contributed by atoms with van der Waals surface area (Å²) in [6.07, 6.45) is 5.68. The largest absolute Gasteiger partial charge is 0.416 e. The van der Waals surface area contributed by atoms with Crippen molar-refractivity contribution in [1.29, 1.82) is 0 Å². The first-order valence-corrected chi connectivity index (χ1v) is 12.9. The highest BCUT2D eigenvalue weighted by Crippen LogP contribution is 2.47. The molecule has 1 amide bonds. The second kappa shape index (κ2) is 10.5. The first kappa shape index (κ1) is 26.4. The summed E-state index contributed by atoms with van der Waals surface area (Å²) in [6, 6.07) is 4.36. The van der Waals surface area contributed by atoms with E-state index in [0.717, 1.165) is 44.2 Å². The monoisotopic (exact) mass is 528 g/mol. The fourth-order valence-corrected chi connectivity index (χ4v) is 5.98. The molecule has 10 heteroatoms. The predicted octanol–water partition coefficient (Wildman–Crippen LogP) is 5.02. The molecule has 2 bridgehead atoms. The SMILES string of the molecule is C#CCC(Nc1nc(C)nc(CC(=O)NC23CCC(CC2)C3)c1C1OCCO1)c1cccc(C(F)(F)F)c1. The van der Waals surface area contributed by atoms with E-state index in [9.17, 15) is 18.0 Å². The Morgan fingerprint density at radius 3 is 2.61 bits per heavy atom. The highest BCUT2D eigenvalue weighted by molar-refractivity contribution is 5.80. The van der Waals surface area contributed by atoms with Crippen molar-refractivity contribution in [3.05, 3.63) is 52.5 Å². The topological polar surface area (TPSA) is 85.4 Å². The molecular formula is C28H31F3N4O3. The van der Waals surface area contributed by atoms with Gasteiger partial charge in [-0.15, -0.1) is 12.3 Å². The van der Waals surface area contributed by atoms with Crippen LogP contribution in [0.5, 0.6) is 0 Å². The van der Waals surface area contributed by atoms with Gasteiger partial charge in [-0.1, -0.05) is 12.1 Å². The molecule has 2 aliphatic carbocycles. The number of hydrogen-bond donors (Lipinski definition) is 2. The van der Waals surface area contributed by atoms with Gasteiger partial charge in [0.1, 0.15) is 11.6 Å². The minimum atomic E-state index is -4.49. The molecule has 2 saturated carbocycles. The van der Waals surface area contributed by atoms with Crippen LogP contribution in [0.25, 0.3) is 0 Å². The van der Waals surface area contributed by atoms with Crippen LogP contribution >= 0.6 is 0 Å². The van der Waals surface area contributed by atoms with Crippen LogP contribution in [0.4, 0.5) is 19.0 Å². The van der Waals surface area contributed by atoms with Gasteiger partial charge in [0.15, 0.2) is 6.29 Å². The number of nitrogens with one attached hydrogen (secondary N) is 2. The summed E-state index contributed by atoms with van der Waals surface area (Å²) in [5.74, 6) is 3.82. The van der Waals surface area contributed by atoms with Crippen LogP contribution in [0.15, 0.2) is 24.3 Å². The number of fused-ring (bicyclic) bond motifs is 2. The van der Waals surface area contributed by atoms with Gasteiger partial charge < -0.3 is 20.1 Å². The molecule has 1 unspecified atom stereocenters. The molecule has 1 aliphatic heterocycles. The van der Waals surface area contributed by atoms with E-state index in [0.29, 0.717) is 47.6 Å². The van der Waals surface area contributed by atoms with Gasteiger partial charge in [0.2, 0.25) is 5.91 Å². The lowest BCUT2D eigenvalue weighted by atomic mass is 9.93. The Balaban J connectivity index is 1.46. The number of alkyl halides is 3. The van der Waals surface area contributed by atoms with Crippen molar-refractivity contribution in [1.82, 2.24) is 15.3 Å². The van der Waals surface area contributed by atoms with E-state index >= 15 is 0 Å². The van der Waals surface area contributed by atoms with Gasteiger partial charge in [-0.3, -0.25) is 4.79 Å². The highest BCUT2D eigenvalue weighted by atomic mass is 19.4. The van der Waals surface area contributed by atoms with Gasteiger partial charge >= 0.3 is 6.18 Å². The molecule has 0 spiro atoms. The summed E-state index contributed by atoms with van der Waals surface area (Å²) in [5.41, 5.74) is 0.386. The third kappa shape index (κ3) is 5.64. The summed E-state index contributed by atoms with van der Waals surface area (Å²) in [7, 11) is 0. The Hall–Kier alpha value is -3.16. The molecule has 1 aromatic carbocycles. The summed E-state index contributed by atoms with van der Waals surface area (Å²) in [5, 5.41) is 6.48. The van der Waals surface area contributed by atoms with Crippen molar-refractivity contribution in [2.45, 2.75) is 75.9 Å². The fraction of sp³-hybridized carbons (Fsp3) is 0.536. The van der Waals surface area contributed by atoms with E-state index in [-0.39, 0.29) is 24.3 Å². The molecule has 5 rings (SSSR count). The predicted molar refractivity (Wildman–Crippen MR) is 134 cm³/mol. The third-order valence-corrected chi connectivity index (χ3v) is 7.72. The molecular weight excluding hydrogens is 497 g/mol. The second-order valence-corrected chi connectivity index (χ2v) is 10.4. The second-order valence-electron chi connectivity index (χ2n) is 10.4. The van der Waals surface area contributed by atoms with Crippen LogP contribution in [0, 0.1) is 25.2 Å². The van der Waals surface area contributed by atoms with Crippen molar-refractivity contribution in [3.63, 3.8) is 0 Å². The number of amides is 1. The number of aromatic nitrogens is 2. The van der Waals surface area contributed by atoms with Gasteiger partial charge in [-0.05, 0) is 62.6 Å². The van der Waals surface area contributed by atoms with Crippen LogP contribution in [-0.2, 0) is 26.9 Å². The van der Waals surface area contributed by atoms with Crippen molar-refractivity contribution in [2.75, 3.05) is 18.5 Å². The number of carbonyl (C=O) groups excluding carboxylic acids is 1. The maximum absolute atomic E-state index is 13.4. The summed E-state index contributed by atoms with van der Waals surface area (Å²) >= 11 is 0. The Kier molecular flexibility index (Phi) is 7.34. The van der Waals surface area contributed by atoms with Crippen LogP contribution in [0.1, 0.15) is 79.1 Å². The van der Waals surface area contributed by atoms with Crippen molar-refractivity contribution < 1.29 is 27.4 Å². The number of halogens is 3. The zero-order valence-corrected chi connectivity index (χ0v) is 21.2. The Morgan fingerprint density at radius 2 is 1.97 bits per heavy atom. The van der Waals surface area contributed by atoms with Gasteiger partial charge in [0.05, 0.1) is 42.5 Å². The average Bonchev–Trinajstić information content (AvgIpc) is 3.61. The molecule has 3 aliphatic rings. The van der Waals surface area contributed by atoms with Crippen LogP contribution in [-0.4, -0.2) is 34.6 Å². The number of rotatable bonds is 8. The van der Waals surface area contributed by atoms with E-state index in [1.807, 2.05) is 0 Å². The van der Waals surface area contributed by atoms with E-state index in [1.165, 1.54) is 6.07 Å². The summed E-state index contributed by atoms with van der Waals surface area (Å²) in [4.78, 5) is 22.3. The van der Waals surface area contributed by atoms with Crippen molar-refractivity contribution in [2.24, 2.45) is 5.92 Å². The number of nitrogens with zero attached hydrogens (tertiary/aromatic N) is 2. The highest BCUT2D eigenvalue weighted by Gasteiger charge is 2.45. The molecule has 3 fully saturated rings. The number of ether oxygens (including phenoxy) is 2. The van der Waals surface area contributed by atoms with E-state index < -0.39 is 24.1 Å². The van der Waals surface area contributed by atoms with Crippen molar-refractivity contribution >= 4 is 11.7 Å². The van der Waals surface area contributed by atoms with Crippen LogP contribution in [0.2, 0.25) is 0 Å².